The van der Waals surface area contributed by atoms with Crippen molar-refractivity contribution in [3.8, 4) is 45.0 Å². The van der Waals surface area contributed by atoms with Gasteiger partial charge in [-0.05, 0) is 105 Å². The smallest absolute Gasteiger partial charge is 0.163 e. The third-order valence-electron chi connectivity index (χ3n) is 11.4. The van der Waals surface area contributed by atoms with Gasteiger partial charge in [0.25, 0.3) is 0 Å². The molecule has 7 aromatic carbocycles. The molecular weight excluding hydrogens is 707 g/mol. The van der Waals surface area contributed by atoms with Gasteiger partial charge in [-0.25, -0.2) is 15.0 Å². The summed E-state index contributed by atoms with van der Waals surface area (Å²) in [5, 5.41) is 6.57. The highest BCUT2D eigenvalue weighted by Gasteiger charge is 2.25. The SMILES string of the molecule is C1=C(c2ccc3c4c(cccc24)-c2ccccc2-3)CCc2sc3cccc(Cc4nc(-c5ccccc5)nc(-c5ccc6sc7ccccc7c6c5)n4)c3c21. The monoisotopic (exact) mass is 737 g/mol. The fraction of sp³-hybridized carbons (Fsp3) is 0.0600. The zero-order chi connectivity index (χ0) is 36.0. The molecule has 258 valence electrons. The van der Waals surface area contributed by atoms with Crippen molar-refractivity contribution in [2.75, 3.05) is 0 Å². The second kappa shape index (κ2) is 12.1. The fourth-order valence-corrected chi connectivity index (χ4v) is 11.3. The number of rotatable bonds is 5. The average Bonchev–Trinajstić information content (AvgIpc) is 3.91. The summed E-state index contributed by atoms with van der Waals surface area (Å²) in [4.78, 5) is 16.9. The molecule has 0 radical (unpaired) electrons. The maximum atomic E-state index is 5.20. The molecule has 2 aliphatic rings. The summed E-state index contributed by atoms with van der Waals surface area (Å²) in [5.41, 5.74) is 12.7. The first-order chi connectivity index (χ1) is 27.2. The van der Waals surface area contributed by atoms with Crippen LogP contribution in [0.2, 0.25) is 0 Å². The molecule has 5 heteroatoms. The quantitative estimate of drug-likeness (QED) is 0.177. The van der Waals surface area contributed by atoms with Crippen LogP contribution in [-0.2, 0) is 12.8 Å². The van der Waals surface area contributed by atoms with E-state index in [9.17, 15) is 0 Å². The van der Waals surface area contributed by atoms with Gasteiger partial charge in [0, 0.05) is 52.7 Å². The molecule has 3 nitrogen and oxygen atoms in total. The van der Waals surface area contributed by atoms with Crippen molar-refractivity contribution in [2.45, 2.75) is 19.3 Å². The van der Waals surface area contributed by atoms with E-state index in [1.54, 1.807) is 0 Å². The maximum Gasteiger partial charge on any atom is 0.163 e. The van der Waals surface area contributed by atoms with E-state index >= 15 is 0 Å². The van der Waals surface area contributed by atoms with Gasteiger partial charge in [0.2, 0.25) is 0 Å². The summed E-state index contributed by atoms with van der Waals surface area (Å²) in [6.07, 6.45) is 5.17. The number of aryl methyl sites for hydroxylation is 1. The van der Waals surface area contributed by atoms with Crippen molar-refractivity contribution in [2.24, 2.45) is 0 Å². The van der Waals surface area contributed by atoms with Gasteiger partial charge in [0.05, 0.1) is 0 Å². The standard InChI is InChI=1S/C50H31N3S2/c1-2-10-29(11-3-1)49-51-46(52-50(53-49)32-21-25-43-40(27-32)36-15-6-7-18-42(36)54-43)28-31-12-8-19-45-47(31)41-26-30(20-24-44(41)55-45)33-22-23-39-35-14-5-4-13-34(35)38-17-9-16-37(33)48(38)39/h1-19,21-23,25-27H,20,24,28H2. The summed E-state index contributed by atoms with van der Waals surface area (Å²) in [7, 11) is 0. The van der Waals surface area contributed by atoms with Crippen molar-refractivity contribution < 1.29 is 0 Å². The largest absolute Gasteiger partial charge is 0.213 e. The highest BCUT2D eigenvalue weighted by Crippen LogP contribution is 2.50. The summed E-state index contributed by atoms with van der Waals surface area (Å²) >= 11 is 3.77. The highest BCUT2D eigenvalue weighted by molar-refractivity contribution is 7.25. The van der Waals surface area contributed by atoms with Crippen LogP contribution in [0.3, 0.4) is 0 Å². The lowest BCUT2D eigenvalue weighted by atomic mass is 9.87. The second-order valence-corrected chi connectivity index (χ2v) is 16.8. The van der Waals surface area contributed by atoms with E-state index in [4.69, 9.17) is 15.0 Å². The Morgan fingerprint density at radius 2 is 1.15 bits per heavy atom. The Bertz CT molecular complexity index is 3210. The number of aromatic nitrogens is 3. The van der Waals surface area contributed by atoms with Crippen LogP contribution in [0, 0.1) is 0 Å². The predicted molar refractivity (Wildman–Crippen MR) is 233 cm³/mol. The molecule has 2 aliphatic carbocycles. The van der Waals surface area contributed by atoms with Gasteiger partial charge in [0.15, 0.2) is 11.6 Å². The first-order valence-corrected chi connectivity index (χ1v) is 20.5. The van der Waals surface area contributed by atoms with Crippen LogP contribution in [-0.4, -0.2) is 15.0 Å². The van der Waals surface area contributed by atoms with Gasteiger partial charge in [-0.15, -0.1) is 22.7 Å². The van der Waals surface area contributed by atoms with Crippen LogP contribution in [0.15, 0.2) is 146 Å². The molecule has 0 N–H and O–H groups in total. The molecule has 0 aliphatic heterocycles. The molecule has 0 bridgehead atoms. The van der Waals surface area contributed by atoms with Gasteiger partial charge in [-0.2, -0.15) is 0 Å². The number of thiophene rings is 2. The van der Waals surface area contributed by atoms with Crippen LogP contribution < -0.4 is 0 Å². The van der Waals surface area contributed by atoms with E-state index in [0.717, 1.165) is 29.8 Å². The molecule has 0 atom stereocenters. The molecule has 0 fully saturated rings. The first kappa shape index (κ1) is 31.1. The summed E-state index contributed by atoms with van der Waals surface area (Å²) in [6, 6.07) is 52.7. The number of allylic oxidation sites excluding steroid dienone is 1. The Balaban J connectivity index is 0.983. The minimum Gasteiger partial charge on any atom is -0.213 e. The van der Waals surface area contributed by atoms with E-state index in [1.807, 2.05) is 40.9 Å². The van der Waals surface area contributed by atoms with Crippen LogP contribution >= 0.6 is 22.7 Å². The van der Waals surface area contributed by atoms with Crippen LogP contribution in [0.4, 0.5) is 0 Å². The lowest BCUT2D eigenvalue weighted by molar-refractivity contribution is 0.936. The number of benzene rings is 7. The van der Waals surface area contributed by atoms with E-state index in [1.165, 1.54) is 90.4 Å². The molecule has 0 saturated carbocycles. The summed E-state index contributed by atoms with van der Waals surface area (Å²) in [5.74, 6) is 2.18. The third-order valence-corrected chi connectivity index (χ3v) is 13.8. The Morgan fingerprint density at radius 1 is 0.455 bits per heavy atom. The fourth-order valence-electron chi connectivity index (χ4n) is 8.96. The molecule has 3 aromatic heterocycles. The summed E-state index contributed by atoms with van der Waals surface area (Å²) in [6.45, 7) is 0. The van der Waals surface area contributed by atoms with Crippen molar-refractivity contribution in [3.63, 3.8) is 0 Å². The predicted octanol–water partition coefficient (Wildman–Crippen LogP) is 13.7. The minimum atomic E-state index is 0.613. The van der Waals surface area contributed by atoms with Gasteiger partial charge >= 0.3 is 0 Å². The topological polar surface area (TPSA) is 38.7 Å². The molecular formula is C50H31N3S2. The Kier molecular flexibility index (Phi) is 6.86. The van der Waals surface area contributed by atoms with Crippen LogP contribution in [0.1, 0.15) is 33.8 Å². The van der Waals surface area contributed by atoms with Gasteiger partial charge in [-0.1, -0.05) is 115 Å². The lowest BCUT2D eigenvalue weighted by Crippen LogP contribution is -2.04. The van der Waals surface area contributed by atoms with E-state index < -0.39 is 0 Å². The van der Waals surface area contributed by atoms with E-state index in [0.29, 0.717) is 18.1 Å². The lowest BCUT2D eigenvalue weighted by Gasteiger charge is -2.17. The molecule has 10 aromatic rings. The van der Waals surface area contributed by atoms with Crippen LogP contribution in [0.5, 0.6) is 0 Å². The third kappa shape index (κ3) is 4.90. The Morgan fingerprint density at radius 3 is 2.04 bits per heavy atom. The van der Waals surface area contributed by atoms with Crippen LogP contribution in [0.25, 0.3) is 97.7 Å². The zero-order valence-corrected chi connectivity index (χ0v) is 31.3. The molecule has 0 amide bonds. The number of hydrogen-bond acceptors (Lipinski definition) is 5. The first-order valence-electron chi connectivity index (χ1n) is 18.9. The minimum absolute atomic E-state index is 0.613. The van der Waals surface area contributed by atoms with Gasteiger partial charge in [-0.3, -0.25) is 0 Å². The summed E-state index contributed by atoms with van der Waals surface area (Å²) < 4.78 is 3.88. The zero-order valence-electron chi connectivity index (χ0n) is 29.7. The molecule has 3 heterocycles. The van der Waals surface area contributed by atoms with Crippen molar-refractivity contribution in [3.05, 3.63) is 173 Å². The molecule has 0 spiro atoms. The maximum absolute atomic E-state index is 5.20. The van der Waals surface area contributed by atoms with Crippen molar-refractivity contribution in [1.29, 1.82) is 0 Å². The number of nitrogens with zero attached hydrogens (tertiary/aromatic N) is 3. The molecule has 12 rings (SSSR count). The normalized spacial score (nSPS) is 13.1. The Labute approximate surface area is 326 Å². The van der Waals surface area contributed by atoms with E-state index in [-0.39, 0.29) is 0 Å². The number of fused-ring (bicyclic) bond motifs is 9. The average molecular weight is 738 g/mol. The van der Waals surface area contributed by atoms with Gasteiger partial charge in [0.1, 0.15) is 5.82 Å². The molecule has 0 saturated heterocycles. The molecule has 55 heavy (non-hydrogen) atoms. The van der Waals surface area contributed by atoms with Crippen molar-refractivity contribution >= 4 is 75.4 Å². The number of hydrogen-bond donors (Lipinski definition) is 0. The van der Waals surface area contributed by atoms with Crippen molar-refractivity contribution in [1.82, 2.24) is 15.0 Å². The highest BCUT2D eigenvalue weighted by atomic mass is 32.1. The van der Waals surface area contributed by atoms with E-state index in [2.05, 4.69) is 133 Å². The second-order valence-electron chi connectivity index (χ2n) is 14.6. The Hall–Kier alpha value is -6.27. The van der Waals surface area contributed by atoms with Gasteiger partial charge < -0.3 is 0 Å². The molecule has 0 unspecified atom stereocenters.